The van der Waals surface area contributed by atoms with E-state index in [1.165, 1.54) is 12.8 Å². The molecule has 19 heavy (non-hydrogen) atoms. The van der Waals surface area contributed by atoms with Crippen molar-refractivity contribution in [2.75, 3.05) is 19.6 Å². The van der Waals surface area contributed by atoms with Crippen LogP contribution in [-0.4, -0.2) is 46.0 Å². The molecule has 1 aromatic rings. The minimum Gasteiger partial charge on any atom is -0.334 e. The highest BCUT2D eigenvalue weighted by atomic mass is 16.2. The van der Waals surface area contributed by atoms with Crippen molar-refractivity contribution in [2.24, 2.45) is 13.0 Å². The maximum Gasteiger partial charge on any atom is 0.272 e. The number of amides is 1. The molecular weight excluding hydrogens is 240 g/mol. The van der Waals surface area contributed by atoms with Gasteiger partial charge in [0.05, 0.1) is 12.5 Å². The fourth-order valence-electron chi connectivity index (χ4n) is 3.45. The van der Waals surface area contributed by atoms with E-state index in [1.807, 2.05) is 11.6 Å². The maximum atomic E-state index is 12.6. The summed E-state index contributed by atoms with van der Waals surface area (Å²) in [5.41, 5.74) is 0.704. The Morgan fingerprint density at radius 1 is 1.42 bits per heavy atom. The fraction of sp³-hybridized carbons (Fsp3) is 0.714. The van der Waals surface area contributed by atoms with Crippen LogP contribution in [0.15, 0.2) is 12.5 Å². The van der Waals surface area contributed by atoms with E-state index >= 15 is 0 Å². The number of hydrogen-bond donors (Lipinski definition) is 1. The second-order valence-corrected chi connectivity index (χ2v) is 5.70. The van der Waals surface area contributed by atoms with Crippen LogP contribution in [-0.2, 0) is 7.05 Å². The number of nitrogens with one attached hydrogen (secondary N) is 1. The third-order valence-electron chi connectivity index (χ3n) is 4.48. The topological polar surface area (TPSA) is 50.2 Å². The predicted molar refractivity (Wildman–Crippen MR) is 72.9 cm³/mol. The summed E-state index contributed by atoms with van der Waals surface area (Å²) in [6.45, 7) is 3.07. The van der Waals surface area contributed by atoms with Gasteiger partial charge in [-0.1, -0.05) is 0 Å². The van der Waals surface area contributed by atoms with Crippen LogP contribution in [0.3, 0.4) is 0 Å². The van der Waals surface area contributed by atoms with Crippen molar-refractivity contribution in [1.29, 1.82) is 0 Å². The zero-order valence-corrected chi connectivity index (χ0v) is 11.5. The number of nitrogens with zero attached hydrogens (tertiary/aromatic N) is 3. The largest absolute Gasteiger partial charge is 0.334 e. The van der Waals surface area contributed by atoms with E-state index in [9.17, 15) is 4.79 Å². The number of piperidine rings is 1. The lowest BCUT2D eigenvalue weighted by atomic mass is 9.90. The Morgan fingerprint density at radius 2 is 2.32 bits per heavy atom. The Balaban J connectivity index is 1.75. The highest BCUT2D eigenvalue weighted by molar-refractivity contribution is 5.92. The summed E-state index contributed by atoms with van der Waals surface area (Å²) in [5, 5.41) is 3.46. The number of imidazole rings is 1. The van der Waals surface area contributed by atoms with Crippen molar-refractivity contribution in [1.82, 2.24) is 19.8 Å². The zero-order valence-electron chi connectivity index (χ0n) is 11.5. The van der Waals surface area contributed by atoms with Gasteiger partial charge in [0.1, 0.15) is 5.69 Å². The van der Waals surface area contributed by atoms with Crippen molar-refractivity contribution >= 4 is 5.91 Å². The fourth-order valence-corrected chi connectivity index (χ4v) is 3.45. The van der Waals surface area contributed by atoms with Gasteiger partial charge < -0.3 is 14.8 Å². The van der Waals surface area contributed by atoms with Crippen molar-refractivity contribution in [3.63, 3.8) is 0 Å². The highest BCUT2D eigenvalue weighted by Gasteiger charge is 2.36. The molecule has 5 nitrogen and oxygen atoms in total. The van der Waals surface area contributed by atoms with E-state index in [-0.39, 0.29) is 5.91 Å². The summed E-state index contributed by atoms with van der Waals surface area (Å²) >= 11 is 0. The molecule has 3 heterocycles. The lowest BCUT2D eigenvalue weighted by Crippen LogP contribution is -2.45. The molecule has 2 unspecified atom stereocenters. The average molecular weight is 262 g/mol. The number of rotatable bonds is 2. The molecule has 2 saturated heterocycles. The molecule has 0 saturated carbocycles. The molecule has 1 N–H and O–H groups in total. The van der Waals surface area contributed by atoms with Gasteiger partial charge in [0.25, 0.3) is 5.91 Å². The molecule has 0 aromatic carbocycles. The van der Waals surface area contributed by atoms with Crippen molar-refractivity contribution in [2.45, 2.75) is 31.7 Å². The van der Waals surface area contributed by atoms with Crippen molar-refractivity contribution < 1.29 is 4.79 Å². The van der Waals surface area contributed by atoms with Crippen LogP contribution >= 0.6 is 0 Å². The van der Waals surface area contributed by atoms with Gasteiger partial charge in [0, 0.05) is 19.6 Å². The lowest BCUT2D eigenvalue weighted by molar-refractivity contribution is 0.0661. The highest BCUT2D eigenvalue weighted by Crippen LogP contribution is 2.29. The molecular formula is C14H22N4O. The average Bonchev–Trinajstić information content (AvgIpc) is 3.07. The summed E-state index contributed by atoms with van der Waals surface area (Å²) in [6.07, 6.45) is 8.12. The number of likely N-dealkylation sites (tertiary alicyclic amines) is 1. The molecule has 2 aliphatic heterocycles. The number of carbonyl (C=O) groups excluding carboxylic acids is 1. The van der Waals surface area contributed by atoms with Gasteiger partial charge in [-0.25, -0.2) is 4.98 Å². The Kier molecular flexibility index (Phi) is 3.55. The van der Waals surface area contributed by atoms with Crippen LogP contribution in [0.4, 0.5) is 0 Å². The van der Waals surface area contributed by atoms with Gasteiger partial charge in [-0.3, -0.25) is 4.79 Å². The Bertz CT molecular complexity index is 450. The smallest absolute Gasteiger partial charge is 0.272 e. The second kappa shape index (κ2) is 5.33. The minimum absolute atomic E-state index is 0.146. The maximum absolute atomic E-state index is 12.6. The van der Waals surface area contributed by atoms with Crippen molar-refractivity contribution in [3.05, 3.63) is 18.2 Å². The number of hydrogen-bond acceptors (Lipinski definition) is 3. The lowest BCUT2D eigenvalue weighted by Gasteiger charge is -2.34. The molecule has 2 aliphatic rings. The van der Waals surface area contributed by atoms with E-state index in [0.717, 1.165) is 32.5 Å². The molecule has 2 atom stereocenters. The molecule has 0 radical (unpaired) electrons. The van der Waals surface area contributed by atoms with Gasteiger partial charge >= 0.3 is 0 Å². The van der Waals surface area contributed by atoms with Crippen LogP contribution in [0.25, 0.3) is 0 Å². The Morgan fingerprint density at radius 3 is 3.00 bits per heavy atom. The van der Waals surface area contributed by atoms with Crippen LogP contribution in [0, 0.1) is 5.92 Å². The second-order valence-electron chi connectivity index (χ2n) is 5.70. The molecule has 1 aromatic heterocycles. The van der Waals surface area contributed by atoms with Crippen LogP contribution in [0.2, 0.25) is 0 Å². The molecule has 5 heteroatoms. The van der Waals surface area contributed by atoms with Crippen molar-refractivity contribution in [3.8, 4) is 0 Å². The first-order valence-corrected chi connectivity index (χ1v) is 7.25. The number of aromatic nitrogens is 2. The van der Waals surface area contributed by atoms with Gasteiger partial charge in [0.2, 0.25) is 0 Å². The minimum atomic E-state index is 0.146. The normalized spacial score (nSPS) is 27.7. The molecule has 104 valence electrons. The van der Waals surface area contributed by atoms with Crippen LogP contribution in [0.1, 0.15) is 36.2 Å². The summed E-state index contributed by atoms with van der Waals surface area (Å²) in [5.74, 6) is 0.765. The first-order chi connectivity index (χ1) is 9.27. The Labute approximate surface area is 114 Å². The number of carbonyl (C=O) groups is 1. The van der Waals surface area contributed by atoms with E-state index in [0.29, 0.717) is 17.7 Å². The molecule has 2 fully saturated rings. The number of aryl methyl sites for hydroxylation is 1. The van der Waals surface area contributed by atoms with E-state index < -0.39 is 0 Å². The quantitative estimate of drug-likeness (QED) is 0.866. The van der Waals surface area contributed by atoms with Gasteiger partial charge in [-0.15, -0.1) is 0 Å². The van der Waals surface area contributed by atoms with E-state index in [2.05, 4.69) is 15.2 Å². The molecule has 3 rings (SSSR count). The zero-order chi connectivity index (χ0) is 13.2. The summed E-state index contributed by atoms with van der Waals surface area (Å²) in [6, 6.07) is 0.412. The molecule has 0 aliphatic carbocycles. The van der Waals surface area contributed by atoms with Crippen LogP contribution in [0.5, 0.6) is 0 Å². The standard InChI is InChI=1S/C14H22N4O/c1-17-10-16-9-13(17)14(19)18-7-3-5-12(18)11-4-2-6-15-8-11/h9-12,15H,2-8H2,1H3. The monoisotopic (exact) mass is 262 g/mol. The first-order valence-electron chi connectivity index (χ1n) is 7.25. The third kappa shape index (κ3) is 2.39. The molecule has 0 spiro atoms. The molecule has 1 amide bonds. The third-order valence-corrected chi connectivity index (χ3v) is 4.48. The molecule has 0 bridgehead atoms. The van der Waals surface area contributed by atoms with E-state index in [4.69, 9.17) is 0 Å². The first kappa shape index (κ1) is 12.7. The summed E-state index contributed by atoms with van der Waals surface area (Å²) < 4.78 is 1.82. The SMILES string of the molecule is Cn1cncc1C(=O)N1CCCC1C1CCCNC1. The van der Waals surface area contributed by atoms with Gasteiger partial charge in [-0.05, 0) is 44.7 Å². The predicted octanol–water partition coefficient (Wildman–Crippen LogP) is 1.02. The van der Waals surface area contributed by atoms with E-state index in [1.54, 1.807) is 12.5 Å². The van der Waals surface area contributed by atoms with Crippen LogP contribution < -0.4 is 5.32 Å². The summed E-state index contributed by atoms with van der Waals surface area (Å²) in [4.78, 5) is 18.8. The Hall–Kier alpha value is -1.36. The van der Waals surface area contributed by atoms with Gasteiger partial charge in [0.15, 0.2) is 0 Å². The van der Waals surface area contributed by atoms with Gasteiger partial charge in [-0.2, -0.15) is 0 Å². The summed E-state index contributed by atoms with van der Waals surface area (Å²) in [7, 11) is 1.88.